The second-order valence-corrected chi connectivity index (χ2v) is 7.11. The highest BCUT2D eigenvalue weighted by Gasteiger charge is 2.18. The minimum Gasteiger partial charge on any atom is -0.495 e. The van der Waals surface area contributed by atoms with Crippen LogP contribution in [0.25, 0.3) is 0 Å². The van der Waals surface area contributed by atoms with Crippen LogP contribution in [0, 0.1) is 6.92 Å². The number of nitrogens with zero attached hydrogens (tertiary/aromatic N) is 1. The molecule has 0 aliphatic carbocycles. The summed E-state index contributed by atoms with van der Waals surface area (Å²) in [4.78, 5) is 2.00. The third kappa shape index (κ3) is 5.04. The Kier molecular flexibility index (Phi) is 7.19. The van der Waals surface area contributed by atoms with Crippen LogP contribution in [0.1, 0.15) is 16.9 Å². The number of methoxy groups -OCH3 is 3. The molecule has 0 aliphatic rings. The fraction of sp³-hybridized carbons (Fsp3) is 0.261. The van der Waals surface area contributed by atoms with Crippen molar-refractivity contribution in [2.45, 2.75) is 20.0 Å². The van der Waals surface area contributed by atoms with Crippen LogP contribution in [0.5, 0.6) is 17.2 Å². The van der Waals surface area contributed by atoms with E-state index in [0.717, 1.165) is 28.3 Å². The van der Waals surface area contributed by atoms with Crippen LogP contribution in [0.15, 0.2) is 59.2 Å². The first-order valence-electron chi connectivity index (χ1n) is 9.48. The molecule has 6 nitrogen and oxygen atoms in total. The van der Waals surface area contributed by atoms with E-state index in [2.05, 4.69) is 5.32 Å². The lowest BCUT2D eigenvalue weighted by atomic mass is 10.1. The monoisotopic (exact) mass is 426 g/mol. The van der Waals surface area contributed by atoms with Gasteiger partial charge in [-0.3, -0.25) is 0 Å². The molecule has 1 aromatic heterocycles. The molecule has 30 heavy (non-hydrogen) atoms. The Balaban J connectivity index is 1.89. The van der Waals surface area contributed by atoms with Gasteiger partial charge in [0.2, 0.25) is 0 Å². The molecule has 0 saturated heterocycles. The van der Waals surface area contributed by atoms with Crippen molar-refractivity contribution in [3.63, 3.8) is 0 Å². The second kappa shape index (κ2) is 10.0. The molecule has 3 rings (SSSR count). The van der Waals surface area contributed by atoms with Gasteiger partial charge in [0.15, 0.2) is 16.6 Å². The summed E-state index contributed by atoms with van der Waals surface area (Å²) in [7, 11) is 4.90. The number of hydrogen-bond donors (Lipinski definition) is 1. The van der Waals surface area contributed by atoms with Crippen molar-refractivity contribution in [2.24, 2.45) is 0 Å². The number of hydrogen-bond acceptors (Lipinski definition) is 5. The average Bonchev–Trinajstić information content (AvgIpc) is 3.27. The molecule has 0 bridgehead atoms. The SMILES string of the molecule is COc1cc(C)ccc1NC(=S)N(Cc1ccco1)Cc1cccc(OC)c1OC. The normalized spacial score (nSPS) is 10.4. The second-order valence-electron chi connectivity index (χ2n) is 6.72. The summed E-state index contributed by atoms with van der Waals surface area (Å²) in [5.41, 5.74) is 2.86. The molecule has 0 saturated carbocycles. The van der Waals surface area contributed by atoms with Gasteiger partial charge in [-0.05, 0) is 55.0 Å². The molecule has 0 radical (unpaired) electrons. The first-order valence-corrected chi connectivity index (χ1v) is 9.89. The van der Waals surface area contributed by atoms with Crippen molar-refractivity contribution in [3.8, 4) is 17.2 Å². The van der Waals surface area contributed by atoms with E-state index in [4.69, 9.17) is 30.8 Å². The topological polar surface area (TPSA) is 56.1 Å². The highest BCUT2D eigenvalue weighted by atomic mass is 32.1. The predicted molar refractivity (Wildman–Crippen MR) is 121 cm³/mol. The van der Waals surface area contributed by atoms with Gasteiger partial charge in [-0.2, -0.15) is 0 Å². The van der Waals surface area contributed by atoms with Crippen molar-refractivity contribution >= 4 is 23.0 Å². The predicted octanol–water partition coefficient (Wildman–Crippen LogP) is 5.01. The molecular formula is C23H26N2O4S. The summed E-state index contributed by atoms with van der Waals surface area (Å²) in [6, 6.07) is 15.5. The van der Waals surface area contributed by atoms with Crippen LogP contribution in [0.3, 0.4) is 0 Å². The van der Waals surface area contributed by atoms with Crippen LogP contribution in [-0.4, -0.2) is 31.3 Å². The molecule has 7 heteroatoms. The number of furan rings is 1. The van der Waals surface area contributed by atoms with Gasteiger partial charge in [0.25, 0.3) is 0 Å². The van der Waals surface area contributed by atoms with Gasteiger partial charge in [0, 0.05) is 12.1 Å². The molecule has 0 aliphatic heterocycles. The van der Waals surface area contributed by atoms with E-state index >= 15 is 0 Å². The molecular weight excluding hydrogens is 400 g/mol. The molecule has 0 amide bonds. The molecule has 1 N–H and O–H groups in total. The lowest BCUT2D eigenvalue weighted by Crippen LogP contribution is -2.34. The molecule has 0 fully saturated rings. The number of para-hydroxylation sites is 1. The van der Waals surface area contributed by atoms with E-state index in [-0.39, 0.29) is 0 Å². The van der Waals surface area contributed by atoms with Gasteiger partial charge < -0.3 is 28.8 Å². The Hall–Kier alpha value is -3.19. The van der Waals surface area contributed by atoms with Gasteiger partial charge in [0.1, 0.15) is 11.5 Å². The van der Waals surface area contributed by atoms with Crippen molar-refractivity contribution < 1.29 is 18.6 Å². The first kappa shape index (κ1) is 21.5. The van der Waals surface area contributed by atoms with Crippen molar-refractivity contribution in [3.05, 3.63) is 71.7 Å². The lowest BCUT2D eigenvalue weighted by molar-refractivity contribution is 0.331. The Morgan fingerprint density at radius 1 is 0.967 bits per heavy atom. The van der Waals surface area contributed by atoms with Crippen LogP contribution in [0.2, 0.25) is 0 Å². The Labute approximate surface area is 182 Å². The summed E-state index contributed by atoms with van der Waals surface area (Å²) in [5.74, 6) is 2.89. The fourth-order valence-corrected chi connectivity index (χ4v) is 3.41. The molecule has 1 heterocycles. The van der Waals surface area contributed by atoms with Crippen molar-refractivity contribution in [2.75, 3.05) is 26.6 Å². The molecule has 158 valence electrons. The third-order valence-electron chi connectivity index (χ3n) is 4.66. The third-order valence-corrected chi connectivity index (χ3v) is 5.02. The molecule has 0 unspecified atom stereocenters. The van der Waals surface area contributed by atoms with E-state index in [0.29, 0.717) is 29.7 Å². The summed E-state index contributed by atoms with van der Waals surface area (Å²) in [5, 5.41) is 3.85. The lowest BCUT2D eigenvalue weighted by Gasteiger charge is -2.27. The van der Waals surface area contributed by atoms with E-state index < -0.39 is 0 Å². The van der Waals surface area contributed by atoms with E-state index in [1.165, 1.54) is 0 Å². The minimum absolute atomic E-state index is 0.493. The van der Waals surface area contributed by atoms with E-state index in [1.54, 1.807) is 27.6 Å². The van der Waals surface area contributed by atoms with Gasteiger partial charge in [0.05, 0.1) is 39.8 Å². The molecule has 3 aromatic rings. The average molecular weight is 427 g/mol. The smallest absolute Gasteiger partial charge is 0.174 e. The van der Waals surface area contributed by atoms with E-state index in [1.807, 2.05) is 60.4 Å². The van der Waals surface area contributed by atoms with Gasteiger partial charge in [-0.25, -0.2) is 0 Å². The number of thiocarbonyl (C=S) groups is 1. The number of anilines is 1. The van der Waals surface area contributed by atoms with Gasteiger partial charge in [-0.15, -0.1) is 0 Å². The standard InChI is InChI=1S/C23H26N2O4S/c1-16-10-11-19(21(13-16)27-3)24-23(30)25(15-18-8-6-12-29-18)14-17-7-5-9-20(26-2)22(17)28-4/h5-13H,14-15H2,1-4H3,(H,24,30). The first-order chi connectivity index (χ1) is 14.5. The Morgan fingerprint density at radius 2 is 1.77 bits per heavy atom. The van der Waals surface area contributed by atoms with E-state index in [9.17, 15) is 0 Å². The summed E-state index contributed by atoms with van der Waals surface area (Å²) >= 11 is 5.76. The number of ether oxygens (including phenoxy) is 3. The van der Waals surface area contributed by atoms with Crippen LogP contribution >= 0.6 is 12.2 Å². The zero-order valence-corrected chi connectivity index (χ0v) is 18.4. The highest BCUT2D eigenvalue weighted by molar-refractivity contribution is 7.80. The summed E-state index contributed by atoms with van der Waals surface area (Å²) in [6.45, 7) is 3.01. The fourth-order valence-electron chi connectivity index (χ4n) is 3.17. The van der Waals surface area contributed by atoms with Crippen LogP contribution in [0.4, 0.5) is 5.69 Å². The van der Waals surface area contributed by atoms with Gasteiger partial charge >= 0.3 is 0 Å². The van der Waals surface area contributed by atoms with Crippen molar-refractivity contribution in [1.82, 2.24) is 4.90 Å². The highest BCUT2D eigenvalue weighted by Crippen LogP contribution is 2.32. The maximum absolute atomic E-state index is 5.76. The quantitative estimate of drug-likeness (QED) is 0.508. The summed E-state index contributed by atoms with van der Waals surface area (Å²) < 4.78 is 22.1. The van der Waals surface area contributed by atoms with Crippen LogP contribution in [-0.2, 0) is 13.1 Å². The Bertz CT molecular complexity index is 989. The zero-order chi connectivity index (χ0) is 21.5. The summed E-state index contributed by atoms with van der Waals surface area (Å²) in [6.07, 6.45) is 1.65. The number of nitrogens with one attached hydrogen (secondary N) is 1. The van der Waals surface area contributed by atoms with Crippen LogP contribution < -0.4 is 19.5 Å². The Morgan fingerprint density at radius 3 is 2.43 bits per heavy atom. The number of aryl methyl sites for hydroxylation is 1. The molecule has 0 spiro atoms. The molecule has 0 atom stereocenters. The maximum Gasteiger partial charge on any atom is 0.174 e. The zero-order valence-electron chi connectivity index (χ0n) is 17.6. The minimum atomic E-state index is 0.493. The number of rotatable bonds is 8. The number of benzene rings is 2. The maximum atomic E-state index is 5.76. The van der Waals surface area contributed by atoms with Gasteiger partial charge in [-0.1, -0.05) is 18.2 Å². The van der Waals surface area contributed by atoms with Crippen molar-refractivity contribution in [1.29, 1.82) is 0 Å². The largest absolute Gasteiger partial charge is 0.495 e. The molecule has 2 aromatic carbocycles.